The Balaban J connectivity index is 0.000000463. The molecule has 0 saturated carbocycles. The molecule has 1 unspecified atom stereocenters. The van der Waals surface area contributed by atoms with Crippen molar-refractivity contribution in [3.8, 4) is 0 Å². The zero-order chi connectivity index (χ0) is 19.7. The van der Waals surface area contributed by atoms with Crippen molar-refractivity contribution in [2.45, 2.75) is 55.1 Å². The number of nitrogens with two attached hydrogens (primary N) is 1. The first kappa shape index (κ1) is 24.5. The maximum atomic E-state index is 9.45. The van der Waals surface area contributed by atoms with E-state index in [-0.39, 0.29) is 6.54 Å². The molecule has 0 spiro atoms. The molecule has 0 radical (unpaired) electrons. The van der Waals surface area contributed by atoms with Crippen LogP contribution < -0.4 is 11.1 Å². The van der Waals surface area contributed by atoms with Crippen LogP contribution in [0.2, 0.25) is 0 Å². The largest absolute Gasteiger partial charge is 0.394 e. The van der Waals surface area contributed by atoms with Crippen molar-refractivity contribution < 1.29 is 50.7 Å². The summed E-state index contributed by atoms with van der Waals surface area (Å²) in [6.07, 6.45) is -10.4. The third-order valence-electron chi connectivity index (χ3n) is 3.80. The van der Waals surface area contributed by atoms with E-state index in [4.69, 9.17) is 41.1 Å². The van der Waals surface area contributed by atoms with E-state index in [0.717, 1.165) is 0 Å². The predicted molar refractivity (Wildman–Crippen MR) is 83.0 cm³/mol. The van der Waals surface area contributed by atoms with Crippen molar-refractivity contribution in [2.75, 3.05) is 26.8 Å². The first-order valence-corrected chi connectivity index (χ1v) is 7.67. The van der Waals surface area contributed by atoms with Gasteiger partial charge >= 0.3 is 0 Å². The SMILES string of the molecule is CN[C@H]1C(O)O[C@H](CO)[C@@H](O)[C@@H]1O.NC[C@H](O)[C@@H](O)[C@H](O)[C@H](O)CO. The summed E-state index contributed by atoms with van der Waals surface area (Å²) in [6, 6.07) is -0.738. The molecule has 1 rings (SSSR count). The van der Waals surface area contributed by atoms with Crippen LogP contribution in [0.3, 0.4) is 0 Å². The van der Waals surface area contributed by atoms with Crippen LogP contribution in [0.15, 0.2) is 0 Å². The van der Waals surface area contributed by atoms with Crippen molar-refractivity contribution in [3.63, 3.8) is 0 Å². The summed E-state index contributed by atoms with van der Waals surface area (Å²) >= 11 is 0. The Morgan fingerprint density at radius 1 is 0.960 bits per heavy atom. The summed E-state index contributed by atoms with van der Waals surface area (Å²) in [5.41, 5.74) is 4.99. The molecule has 152 valence electrons. The van der Waals surface area contributed by atoms with Gasteiger partial charge in [0, 0.05) is 6.54 Å². The summed E-state index contributed by atoms with van der Waals surface area (Å²) < 4.78 is 4.85. The smallest absolute Gasteiger partial charge is 0.173 e. The first-order valence-electron chi connectivity index (χ1n) is 7.67. The Morgan fingerprint density at radius 3 is 1.88 bits per heavy atom. The molecule has 1 saturated heterocycles. The second-order valence-corrected chi connectivity index (χ2v) is 5.58. The molecule has 12 nitrogen and oxygen atoms in total. The van der Waals surface area contributed by atoms with E-state index in [2.05, 4.69) is 5.32 Å². The van der Waals surface area contributed by atoms with E-state index in [0.29, 0.717) is 0 Å². The fourth-order valence-corrected chi connectivity index (χ4v) is 2.11. The first-order chi connectivity index (χ1) is 11.7. The minimum atomic E-state index is -1.59. The fourth-order valence-electron chi connectivity index (χ4n) is 2.11. The predicted octanol–water partition coefficient (Wildman–Crippen LogP) is -6.61. The van der Waals surface area contributed by atoms with Gasteiger partial charge in [0.15, 0.2) is 6.29 Å². The molecule has 1 aliphatic rings. The topological polar surface area (TPSA) is 229 Å². The van der Waals surface area contributed by atoms with Gasteiger partial charge in [0.25, 0.3) is 0 Å². The standard InChI is InChI=1S/C7H15NO5.C6H15NO5/c1-8-4-6(11)5(10)3(2-9)13-7(4)12;7-1-3(9)5(11)6(12)4(10)2-8/h3-12H,2H2,1H3;3-6,8-12H,1-2,7H2/t3-,4-,5-,6-,7?;3-,4+,5+,6+/m10/s1. The van der Waals surface area contributed by atoms with Crippen LogP contribution in [0.25, 0.3) is 0 Å². The van der Waals surface area contributed by atoms with Crippen molar-refractivity contribution in [3.05, 3.63) is 0 Å². The highest BCUT2D eigenvalue weighted by molar-refractivity contribution is 4.91. The highest BCUT2D eigenvalue weighted by atomic mass is 16.6. The molecule has 0 amide bonds. The highest BCUT2D eigenvalue weighted by Crippen LogP contribution is 2.19. The quantitative estimate of drug-likeness (QED) is 0.200. The average molecular weight is 374 g/mol. The Morgan fingerprint density at radius 2 is 1.48 bits per heavy atom. The van der Waals surface area contributed by atoms with Gasteiger partial charge in [-0.05, 0) is 7.05 Å². The molecular weight excluding hydrogens is 344 g/mol. The summed E-state index contributed by atoms with van der Waals surface area (Å²) in [7, 11) is 1.53. The van der Waals surface area contributed by atoms with Crippen LogP contribution in [-0.4, -0.2) is 128 Å². The molecule has 0 bridgehead atoms. The van der Waals surface area contributed by atoms with Gasteiger partial charge in [0.2, 0.25) is 0 Å². The second kappa shape index (κ2) is 12.0. The Bertz CT molecular complexity index is 339. The van der Waals surface area contributed by atoms with E-state index in [1.165, 1.54) is 7.05 Å². The second-order valence-electron chi connectivity index (χ2n) is 5.58. The van der Waals surface area contributed by atoms with E-state index in [9.17, 15) is 15.3 Å². The van der Waals surface area contributed by atoms with Crippen molar-refractivity contribution in [1.29, 1.82) is 0 Å². The van der Waals surface area contributed by atoms with Gasteiger partial charge in [-0.2, -0.15) is 0 Å². The van der Waals surface area contributed by atoms with Gasteiger partial charge in [0.1, 0.15) is 36.6 Å². The van der Waals surface area contributed by atoms with Crippen molar-refractivity contribution >= 4 is 0 Å². The lowest BCUT2D eigenvalue weighted by molar-refractivity contribution is -0.253. The molecule has 1 aliphatic heterocycles. The number of hydrogen-bond acceptors (Lipinski definition) is 12. The van der Waals surface area contributed by atoms with Crippen LogP contribution in [0.4, 0.5) is 0 Å². The monoisotopic (exact) mass is 374 g/mol. The van der Waals surface area contributed by atoms with E-state index < -0.39 is 68.3 Å². The Hall–Kier alpha value is -0.480. The average Bonchev–Trinajstić information content (AvgIpc) is 2.62. The maximum Gasteiger partial charge on any atom is 0.173 e. The number of hydrogen-bond donors (Lipinski definition) is 11. The zero-order valence-electron chi connectivity index (χ0n) is 13.8. The molecule has 0 aromatic rings. The van der Waals surface area contributed by atoms with E-state index in [1.807, 2.05) is 0 Å². The van der Waals surface area contributed by atoms with Crippen LogP contribution in [0, 0.1) is 0 Å². The number of aliphatic hydroxyl groups is 9. The van der Waals surface area contributed by atoms with Crippen LogP contribution in [0.5, 0.6) is 0 Å². The lowest BCUT2D eigenvalue weighted by Crippen LogP contribution is -2.62. The molecule has 12 heteroatoms. The van der Waals surface area contributed by atoms with Crippen molar-refractivity contribution in [2.24, 2.45) is 5.73 Å². The lowest BCUT2D eigenvalue weighted by Gasteiger charge is -2.39. The molecular formula is C13H30N2O10. The molecule has 12 N–H and O–H groups in total. The summed E-state index contributed by atoms with van der Waals surface area (Å²) in [6.45, 7) is -1.35. The Labute approximate surface area is 144 Å². The third-order valence-corrected chi connectivity index (χ3v) is 3.80. The van der Waals surface area contributed by atoms with E-state index in [1.54, 1.807) is 0 Å². The number of nitrogens with one attached hydrogen (secondary N) is 1. The Kier molecular flexibility index (Phi) is 11.8. The lowest BCUT2D eigenvalue weighted by atomic mass is 9.97. The molecule has 0 aliphatic carbocycles. The van der Waals surface area contributed by atoms with Gasteiger partial charge in [0.05, 0.1) is 25.4 Å². The van der Waals surface area contributed by atoms with Gasteiger partial charge in [-0.3, -0.25) is 0 Å². The molecule has 9 atom stereocenters. The van der Waals surface area contributed by atoms with Gasteiger partial charge < -0.3 is 61.7 Å². The highest BCUT2D eigenvalue weighted by Gasteiger charge is 2.42. The maximum absolute atomic E-state index is 9.45. The molecule has 1 fully saturated rings. The number of likely N-dealkylation sites (N-methyl/N-ethyl adjacent to an activating group) is 1. The van der Waals surface area contributed by atoms with Crippen molar-refractivity contribution in [1.82, 2.24) is 5.32 Å². The summed E-state index contributed by atoms with van der Waals surface area (Å²) in [5.74, 6) is 0. The van der Waals surface area contributed by atoms with E-state index >= 15 is 0 Å². The minimum absolute atomic E-state index is 0.226. The third kappa shape index (κ3) is 6.97. The normalized spacial score (nSPS) is 34.4. The molecule has 0 aromatic heterocycles. The summed E-state index contributed by atoms with van der Waals surface area (Å²) in [4.78, 5) is 0. The number of ether oxygens (including phenoxy) is 1. The van der Waals surface area contributed by atoms with Crippen LogP contribution >= 0.6 is 0 Å². The van der Waals surface area contributed by atoms with Crippen LogP contribution in [0.1, 0.15) is 0 Å². The number of rotatable bonds is 7. The summed E-state index contributed by atoms with van der Waals surface area (Å²) in [5, 5.41) is 83.6. The molecule has 0 aromatic carbocycles. The van der Waals surface area contributed by atoms with Gasteiger partial charge in [-0.1, -0.05) is 0 Å². The van der Waals surface area contributed by atoms with Crippen LogP contribution in [-0.2, 0) is 4.74 Å². The molecule has 25 heavy (non-hydrogen) atoms. The zero-order valence-corrected chi connectivity index (χ0v) is 13.8. The fraction of sp³-hybridized carbons (Fsp3) is 1.00. The van der Waals surface area contributed by atoms with Gasteiger partial charge in [-0.25, -0.2) is 0 Å². The number of aliphatic hydroxyl groups excluding tert-OH is 9. The minimum Gasteiger partial charge on any atom is -0.394 e. The molecule has 1 heterocycles. The van der Waals surface area contributed by atoms with Gasteiger partial charge in [-0.15, -0.1) is 0 Å².